The summed E-state index contributed by atoms with van der Waals surface area (Å²) in [5, 5.41) is 1.35. The van der Waals surface area contributed by atoms with Gasteiger partial charge in [-0.1, -0.05) is 23.4 Å². The van der Waals surface area contributed by atoms with Crippen molar-refractivity contribution in [3.05, 3.63) is 23.2 Å². The number of thioether (sulfide) groups is 1. The molecule has 0 saturated carbocycles. The van der Waals surface area contributed by atoms with Gasteiger partial charge in [-0.3, -0.25) is 4.79 Å². The number of fused-ring (bicyclic) bond motifs is 1. The summed E-state index contributed by atoms with van der Waals surface area (Å²) < 4.78 is 4.83. The zero-order valence-electron chi connectivity index (χ0n) is 9.20. The van der Waals surface area contributed by atoms with E-state index in [0.29, 0.717) is 16.8 Å². The van der Waals surface area contributed by atoms with E-state index in [1.54, 1.807) is 19.1 Å². The van der Waals surface area contributed by atoms with Gasteiger partial charge in [0.15, 0.2) is 5.16 Å². The fourth-order valence-electron chi connectivity index (χ4n) is 1.36. The predicted octanol–water partition coefficient (Wildman–Crippen LogP) is 2.87. The third-order valence-electron chi connectivity index (χ3n) is 2.05. The molecule has 0 fully saturated rings. The molecule has 6 heteroatoms. The number of benzene rings is 1. The number of nitrogens with one attached hydrogen (secondary N) is 1. The highest BCUT2D eigenvalue weighted by Crippen LogP contribution is 2.22. The Morgan fingerprint density at radius 3 is 3.18 bits per heavy atom. The molecule has 0 unspecified atom stereocenters. The lowest BCUT2D eigenvalue weighted by Gasteiger charge is -1.98. The molecule has 1 heterocycles. The van der Waals surface area contributed by atoms with Gasteiger partial charge < -0.3 is 9.72 Å². The van der Waals surface area contributed by atoms with Crippen LogP contribution in [-0.4, -0.2) is 28.3 Å². The van der Waals surface area contributed by atoms with Crippen LogP contribution in [0.2, 0.25) is 5.02 Å². The van der Waals surface area contributed by atoms with Crippen molar-refractivity contribution in [3.63, 3.8) is 0 Å². The van der Waals surface area contributed by atoms with Crippen molar-refractivity contribution < 1.29 is 9.53 Å². The summed E-state index contributed by atoms with van der Waals surface area (Å²) in [7, 11) is 0. The molecule has 2 aromatic rings. The predicted molar refractivity (Wildman–Crippen MR) is 68.5 cm³/mol. The second kappa shape index (κ2) is 5.42. The molecule has 0 aliphatic rings. The molecule has 0 aliphatic carbocycles. The molecule has 0 bridgehead atoms. The number of halogens is 1. The molecule has 0 radical (unpaired) electrons. The summed E-state index contributed by atoms with van der Waals surface area (Å²) in [5.74, 6) is 0.0116. The summed E-state index contributed by atoms with van der Waals surface area (Å²) in [6, 6.07) is 5.42. The normalized spacial score (nSPS) is 10.7. The highest BCUT2D eigenvalue weighted by Gasteiger charge is 2.07. The molecule has 1 aromatic heterocycles. The molecule has 0 spiro atoms. The van der Waals surface area contributed by atoms with Gasteiger partial charge in [-0.15, -0.1) is 0 Å². The van der Waals surface area contributed by atoms with E-state index in [4.69, 9.17) is 16.3 Å². The minimum atomic E-state index is -0.240. The SMILES string of the molecule is CCOC(=O)CSc1nc2ccc(Cl)cc2[nH]1. The lowest BCUT2D eigenvalue weighted by atomic mass is 10.3. The maximum atomic E-state index is 11.2. The first-order valence-corrected chi connectivity index (χ1v) is 6.49. The lowest BCUT2D eigenvalue weighted by molar-refractivity contribution is -0.139. The average Bonchev–Trinajstić information content (AvgIpc) is 2.68. The van der Waals surface area contributed by atoms with E-state index in [2.05, 4.69) is 9.97 Å². The van der Waals surface area contributed by atoms with E-state index < -0.39 is 0 Å². The Labute approximate surface area is 108 Å². The summed E-state index contributed by atoms with van der Waals surface area (Å²) >= 11 is 7.18. The zero-order valence-corrected chi connectivity index (χ0v) is 10.8. The number of hydrogen-bond donors (Lipinski definition) is 1. The Balaban J connectivity index is 2.07. The number of nitrogens with zero attached hydrogens (tertiary/aromatic N) is 1. The molecule has 0 aliphatic heterocycles. The van der Waals surface area contributed by atoms with Crippen LogP contribution in [0.25, 0.3) is 11.0 Å². The smallest absolute Gasteiger partial charge is 0.316 e. The van der Waals surface area contributed by atoms with Crippen molar-refractivity contribution in [2.45, 2.75) is 12.1 Å². The van der Waals surface area contributed by atoms with Crippen molar-refractivity contribution in [1.82, 2.24) is 9.97 Å². The number of ether oxygens (including phenoxy) is 1. The van der Waals surface area contributed by atoms with Crippen molar-refractivity contribution in [2.75, 3.05) is 12.4 Å². The van der Waals surface area contributed by atoms with E-state index in [0.717, 1.165) is 11.0 Å². The van der Waals surface area contributed by atoms with Crippen LogP contribution < -0.4 is 0 Å². The molecule has 1 aromatic carbocycles. The largest absolute Gasteiger partial charge is 0.465 e. The third-order valence-corrected chi connectivity index (χ3v) is 3.14. The third kappa shape index (κ3) is 3.14. The minimum Gasteiger partial charge on any atom is -0.465 e. The van der Waals surface area contributed by atoms with Crippen LogP contribution in [0.5, 0.6) is 0 Å². The minimum absolute atomic E-state index is 0.240. The Morgan fingerprint density at radius 2 is 2.41 bits per heavy atom. The number of hydrogen-bond acceptors (Lipinski definition) is 4. The first-order chi connectivity index (χ1) is 8.19. The summed E-state index contributed by atoms with van der Waals surface area (Å²) in [6.07, 6.45) is 0. The van der Waals surface area contributed by atoms with Crippen LogP contribution in [-0.2, 0) is 9.53 Å². The van der Waals surface area contributed by atoms with Crippen LogP contribution in [0.4, 0.5) is 0 Å². The number of esters is 1. The Kier molecular flexibility index (Phi) is 3.91. The highest BCUT2D eigenvalue weighted by molar-refractivity contribution is 7.99. The number of imidazole rings is 1. The molecule has 0 saturated heterocycles. The summed E-state index contributed by atoms with van der Waals surface area (Å²) in [5.41, 5.74) is 1.70. The second-order valence-electron chi connectivity index (χ2n) is 3.30. The van der Waals surface area contributed by atoms with Gasteiger partial charge in [0.05, 0.1) is 23.4 Å². The van der Waals surface area contributed by atoms with E-state index in [1.807, 2.05) is 6.07 Å². The lowest BCUT2D eigenvalue weighted by Crippen LogP contribution is -2.06. The van der Waals surface area contributed by atoms with E-state index in [1.165, 1.54) is 11.8 Å². The number of aromatic amines is 1. The van der Waals surface area contributed by atoms with Crippen molar-refractivity contribution in [1.29, 1.82) is 0 Å². The van der Waals surface area contributed by atoms with Crippen LogP contribution in [0.15, 0.2) is 23.4 Å². The number of aromatic nitrogens is 2. The first kappa shape index (κ1) is 12.3. The van der Waals surface area contributed by atoms with Crippen molar-refractivity contribution in [2.24, 2.45) is 0 Å². The maximum Gasteiger partial charge on any atom is 0.316 e. The molecule has 1 N–H and O–H groups in total. The van der Waals surface area contributed by atoms with E-state index in [-0.39, 0.29) is 11.7 Å². The molecule has 4 nitrogen and oxygen atoms in total. The number of rotatable bonds is 4. The Bertz CT molecular complexity index is 541. The summed E-state index contributed by atoms with van der Waals surface area (Å²) in [6.45, 7) is 2.18. The summed E-state index contributed by atoms with van der Waals surface area (Å²) in [4.78, 5) is 18.6. The Hall–Kier alpha value is -1.20. The topological polar surface area (TPSA) is 55.0 Å². The van der Waals surface area contributed by atoms with Crippen molar-refractivity contribution >= 4 is 40.4 Å². The van der Waals surface area contributed by atoms with Crippen LogP contribution in [0, 0.1) is 0 Å². The molecule has 0 amide bonds. The van der Waals surface area contributed by atoms with Gasteiger partial charge in [-0.25, -0.2) is 4.98 Å². The van der Waals surface area contributed by atoms with Gasteiger partial charge >= 0.3 is 5.97 Å². The quantitative estimate of drug-likeness (QED) is 0.686. The molecule has 2 rings (SSSR count). The van der Waals surface area contributed by atoms with Gasteiger partial charge in [-0.05, 0) is 25.1 Å². The maximum absolute atomic E-state index is 11.2. The molecule has 17 heavy (non-hydrogen) atoms. The van der Waals surface area contributed by atoms with Gasteiger partial charge in [0.25, 0.3) is 0 Å². The molecule has 0 atom stereocenters. The van der Waals surface area contributed by atoms with Gasteiger partial charge in [0.2, 0.25) is 0 Å². The van der Waals surface area contributed by atoms with Crippen LogP contribution in [0.3, 0.4) is 0 Å². The standard InChI is InChI=1S/C11H11ClN2O2S/c1-2-16-10(15)6-17-11-13-8-4-3-7(12)5-9(8)14-11/h3-5H,2,6H2,1H3,(H,13,14). The van der Waals surface area contributed by atoms with Crippen LogP contribution in [0.1, 0.15) is 6.92 Å². The van der Waals surface area contributed by atoms with Crippen molar-refractivity contribution in [3.8, 4) is 0 Å². The zero-order chi connectivity index (χ0) is 12.3. The number of H-pyrrole nitrogens is 1. The first-order valence-electron chi connectivity index (χ1n) is 5.12. The van der Waals surface area contributed by atoms with Gasteiger partial charge in [0.1, 0.15) is 0 Å². The fourth-order valence-corrected chi connectivity index (χ4v) is 2.21. The number of carbonyl (C=O) groups excluding carboxylic acids is 1. The molecule has 90 valence electrons. The number of carbonyl (C=O) groups is 1. The molecular formula is C11H11ClN2O2S. The van der Waals surface area contributed by atoms with E-state index in [9.17, 15) is 4.79 Å². The van der Waals surface area contributed by atoms with E-state index >= 15 is 0 Å². The highest BCUT2D eigenvalue weighted by atomic mass is 35.5. The molecular weight excluding hydrogens is 260 g/mol. The average molecular weight is 271 g/mol. The fraction of sp³-hybridized carbons (Fsp3) is 0.273. The van der Waals surface area contributed by atoms with Crippen LogP contribution >= 0.6 is 23.4 Å². The van der Waals surface area contributed by atoms with Gasteiger partial charge in [-0.2, -0.15) is 0 Å². The monoisotopic (exact) mass is 270 g/mol. The Morgan fingerprint density at radius 1 is 1.59 bits per heavy atom. The van der Waals surface area contributed by atoms with Gasteiger partial charge in [0, 0.05) is 5.02 Å². The second-order valence-corrected chi connectivity index (χ2v) is 4.70.